The summed E-state index contributed by atoms with van der Waals surface area (Å²) in [4.78, 5) is 18.3. The molecule has 0 aliphatic heterocycles. The minimum Gasteiger partial charge on any atom is -0.355 e. The number of pyridine rings is 2. The molecule has 0 aliphatic rings. The van der Waals surface area contributed by atoms with Crippen molar-refractivity contribution in [3.63, 3.8) is 0 Å². The maximum Gasteiger partial charge on any atom is 0.249 e. The van der Waals surface area contributed by atoms with Crippen LogP contribution >= 0.6 is 0 Å². The Balaban J connectivity index is 1.81. The highest BCUT2D eigenvalue weighted by molar-refractivity contribution is 7.76. The first-order valence-corrected chi connectivity index (χ1v) is 8.75. The van der Waals surface area contributed by atoms with E-state index in [4.69, 9.17) is 4.55 Å². The lowest BCUT2D eigenvalue weighted by molar-refractivity contribution is 0.450. The summed E-state index contributed by atoms with van der Waals surface area (Å²) in [6.07, 6.45) is 2.29. The zero-order valence-electron chi connectivity index (χ0n) is 13.6. The second-order valence-electron chi connectivity index (χ2n) is 5.60. The summed E-state index contributed by atoms with van der Waals surface area (Å²) < 4.78 is 21.4. The molecule has 0 saturated heterocycles. The number of fused-ring (bicyclic) bond motifs is 1. The number of aromatic nitrogens is 2. The molecule has 7 nitrogen and oxygen atoms in total. The smallest absolute Gasteiger partial charge is 0.249 e. The normalized spacial score (nSPS) is 12.4. The Kier molecular flexibility index (Phi) is 5.22. The van der Waals surface area contributed by atoms with Crippen LogP contribution in [0.3, 0.4) is 0 Å². The molecule has 0 fully saturated rings. The lowest BCUT2D eigenvalue weighted by Crippen LogP contribution is -2.22. The summed E-state index contributed by atoms with van der Waals surface area (Å²) in [6.45, 7) is 0.478. The van der Waals surface area contributed by atoms with Crippen molar-refractivity contribution in [2.75, 3.05) is 18.9 Å². The monoisotopic (exact) mass is 358 g/mol. The largest absolute Gasteiger partial charge is 0.355 e. The maximum atomic E-state index is 11.4. The predicted octanol–water partition coefficient (Wildman–Crippen LogP) is 2.28. The third-order valence-electron chi connectivity index (χ3n) is 3.82. The Hall–Kier alpha value is -2.55. The molecule has 2 heterocycles. The van der Waals surface area contributed by atoms with Gasteiger partial charge in [-0.1, -0.05) is 12.1 Å². The molecule has 0 aliphatic carbocycles. The molecular formula is C17H18N4O3S. The average Bonchev–Trinajstić information content (AvgIpc) is 2.60. The van der Waals surface area contributed by atoms with Gasteiger partial charge in [0, 0.05) is 36.9 Å². The van der Waals surface area contributed by atoms with Gasteiger partial charge in [-0.25, -0.2) is 13.5 Å². The molecule has 130 valence electrons. The molecule has 0 saturated carbocycles. The van der Waals surface area contributed by atoms with Crippen molar-refractivity contribution in [1.82, 2.24) is 14.3 Å². The fourth-order valence-electron chi connectivity index (χ4n) is 2.49. The lowest BCUT2D eigenvalue weighted by atomic mass is 10.1. The molecule has 25 heavy (non-hydrogen) atoms. The number of hydrogen-bond donors (Lipinski definition) is 3. The number of H-pyrrole nitrogens is 1. The number of hydrogen-bond acceptors (Lipinski definition) is 4. The molecule has 8 heteroatoms. The molecule has 0 spiro atoms. The molecule has 0 amide bonds. The van der Waals surface area contributed by atoms with E-state index in [-0.39, 0.29) is 5.56 Å². The van der Waals surface area contributed by atoms with Gasteiger partial charge in [-0.2, -0.15) is 0 Å². The van der Waals surface area contributed by atoms with E-state index in [9.17, 15) is 9.00 Å². The number of nitrogens with one attached hydrogen (secondary N) is 2. The molecule has 1 atom stereocenters. The highest BCUT2D eigenvalue weighted by Gasteiger charge is 2.06. The van der Waals surface area contributed by atoms with Crippen LogP contribution in [-0.4, -0.2) is 36.6 Å². The van der Waals surface area contributed by atoms with E-state index < -0.39 is 11.3 Å². The fraction of sp³-hybridized carbons (Fsp3) is 0.176. The molecule has 3 N–H and O–H groups in total. The van der Waals surface area contributed by atoms with Gasteiger partial charge >= 0.3 is 0 Å². The number of rotatable bonds is 6. The molecule has 3 aromatic rings. The van der Waals surface area contributed by atoms with Crippen LogP contribution in [0.4, 0.5) is 11.4 Å². The van der Waals surface area contributed by atoms with Crippen LogP contribution in [-0.2, 0) is 17.7 Å². The number of aromatic amines is 1. The van der Waals surface area contributed by atoms with E-state index in [1.54, 1.807) is 19.3 Å². The number of likely N-dealkylation sites (N-methyl/N-ethyl adjacent to an activating group) is 1. The molecule has 1 aromatic carbocycles. The van der Waals surface area contributed by atoms with Gasteiger partial charge in [-0.3, -0.25) is 9.35 Å². The number of benzene rings is 1. The summed E-state index contributed by atoms with van der Waals surface area (Å²) in [6, 6.07) is 12.9. The van der Waals surface area contributed by atoms with Crippen molar-refractivity contribution < 1.29 is 8.76 Å². The van der Waals surface area contributed by atoms with E-state index in [1.165, 1.54) is 10.4 Å². The van der Waals surface area contributed by atoms with Crippen molar-refractivity contribution in [1.29, 1.82) is 0 Å². The number of nitrogens with zero attached hydrogens (tertiary/aromatic N) is 2. The summed E-state index contributed by atoms with van der Waals surface area (Å²) in [7, 11) is 1.60. The zero-order valence-corrected chi connectivity index (χ0v) is 14.4. The second kappa shape index (κ2) is 7.56. The van der Waals surface area contributed by atoms with Gasteiger partial charge in [0.25, 0.3) is 0 Å². The third-order valence-corrected chi connectivity index (χ3v) is 4.54. The Morgan fingerprint density at radius 1 is 1.28 bits per heavy atom. The number of anilines is 2. The van der Waals surface area contributed by atoms with Crippen molar-refractivity contribution in [2.24, 2.45) is 0 Å². The Morgan fingerprint density at radius 3 is 2.92 bits per heavy atom. The van der Waals surface area contributed by atoms with Gasteiger partial charge in [0.05, 0.1) is 5.69 Å². The minimum atomic E-state index is -1.96. The first-order chi connectivity index (χ1) is 12.0. The third kappa shape index (κ3) is 4.30. The highest BCUT2D eigenvalue weighted by atomic mass is 32.2. The maximum absolute atomic E-state index is 11.4. The molecule has 3 rings (SSSR count). The van der Waals surface area contributed by atoms with Gasteiger partial charge in [-0.15, -0.1) is 0 Å². The summed E-state index contributed by atoms with van der Waals surface area (Å²) in [5, 5.41) is 4.15. The van der Waals surface area contributed by atoms with Crippen LogP contribution in [0.2, 0.25) is 0 Å². The Bertz CT molecular complexity index is 973. The van der Waals surface area contributed by atoms with Gasteiger partial charge in [0.15, 0.2) is 0 Å². The van der Waals surface area contributed by atoms with E-state index in [0.717, 1.165) is 22.3 Å². The summed E-state index contributed by atoms with van der Waals surface area (Å²) in [5.41, 5.74) is 3.12. The zero-order chi connectivity index (χ0) is 17.8. The first kappa shape index (κ1) is 17.3. The van der Waals surface area contributed by atoms with E-state index >= 15 is 0 Å². The van der Waals surface area contributed by atoms with Crippen LogP contribution < -0.4 is 10.9 Å². The summed E-state index contributed by atoms with van der Waals surface area (Å²) >= 11 is -1.96. The first-order valence-electron chi connectivity index (χ1n) is 7.69. The van der Waals surface area contributed by atoms with Crippen LogP contribution in [0.5, 0.6) is 0 Å². The van der Waals surface area contributed by atoms with Crippen molar-refractivity contribution in [3.8, 4) is 0 Å². The van der Waals surface area contributed by atoms with Crippen LogP contribution in [0, 0.1) is 0 Å². The standard InChI is InChI=1S/C17H18N4O3S/c1-21(25(23)24)10-8-12-3-2-4-13(11-12)19-15-7-9-18-17-14(15)5-6-16(22)20-17/h2-7,9,11H,8,10H2,1H3,(H,23,24)(H2,18,19,20,22). The topological polar surface area (TPSA) is 98.3 Å². The summed E-state index contributed by atoms with van der Waals surface area (Å²) in [5.74, 6) is 0. The van der Waals surface area contributed by atoms with Crippen LogP contribution in [0.15, 0.2) is 53.5 Å². The van der Waals surface area contributed by atoms with Crippen molar-refractivity contribution in [2.45, 2.75) is 6.42 Å². The molecular weight excluding hydrogens is 340 g/mol. The van der Waals surface area contributed by atoms with Gasteiger partial charge in [0.2, 0.25) is 16.8 Å². The minimum absolute atomic E-state index is 0.190. The predicted molar refractivity (Wildman–Crippen MR) is 99.2 cm³/mol. The highest BCUT2D eigenvalue weighted by Crippen LogP contribution is 2.24. The quantitative estimate of drug-likeness (QED) is 0.587. The fourth-order valence-corrected chi connectivity index (χ4v) is 2.74. The lowest BCUT2D eigenvalue weighted by Gasteiger charge is -2.13. The molecule has 2 aromatic heterocycles. The van der Waals surface area contributed by atoms with Crippen molar-refractivity contribution in [3.05, 3.63) is 64.6 Å². The molecule has 1 unspecified atom stereocenters. The Labute approximate surface area is 147 Å². The van der Waals surface area contributed by atoms with Crippen LogP contribution in [0.25, 0.3) is 11.0 Å². The van der Waals surface area contributed by atoms with E-state index in [1.807, 2.05) is 30.3 Å². The van der Waals surface area contributed by atoms with Gasteiger partial charge in [0.1, 0.15) is 5.65 Å². The van der Waals surface area contributed by atoms with Gasteiger partial charge in [-0.05, 0) is 36.2 Å². The second-order valence-corrected chi connectivity index (χ2v) is 6.69. The van der Waals surface area contributed by atoms with E-state index in [2.05, 4.69) is 15.3 Å². The van der Waals surface area contributed by atoms with E-state index in [0.29, 0.717) is 18.6 Å². The molecule has 0 bridgehead atoms. The van der Waals surface area contributed by atoms with Gasteiger partial charge < -0.3 is 10.3 Å². The molecule has 0 radical (unpaired) electrons. The van der Waals surface area contributed by atoms with Crippen molar-refractivity contribution >= 4 is 33.7 Å². The average molecular weight is 358 g/mol. The van der Waals surface area contributed by atoms with Crippen LogP contribution in [0.1, 0.15) is 5.56 Å². The Morgan fingerprint density at radius 2 is 2.12 bits per heavy atom. The SMILES string of the molecule is CN(CCc1cccc(Nc2ccnc3[nH]c(=O)ccc23)c1)S(=O)O.